The third kappa shape index (κ3) is 5.35. The minimum absolute atomic E-state index is 0.642. The predicted octanol–water partition coefficient (Wildman–Crippen LogP) is 14.2. The van der Waals surface area contributed by atoms with Crippen molar-refractivity contribution < 1.29 is 0 Å². The molecule has 0 unspecified atom stereocenters. The Labute approximate surface area is 362 Å². The molecule has 0 aliphatic heterocycles. The zero-order chi connectivity index (χ0) is 41.4. The summed E-state index contributed by atoms with van der Waals surface area (Å²) in [5.74, 6) is 1.43. The SMILES string of the molecule is c1ccc(-c2cc(-c3c(-n4c5ccccc5c5ccccc54)cnc(-n4c5ccccc5c5ccccc54)c3-n3c4ccccc4c4ccccc43)nc(-c3ccccc3)n2)cc1. The molecule has 0 radical (unpaired) electrons. The molecule has 6 heteroatoms. The van der Waals surface area contributed by atoms with Crippen molar-refractivity contribution in [3.05, 3.63) is 219 Å². The van der Waals surface area contributed by atoms with E-state index in [4.69, 9.17) is 15.0 Å². The first kappa shape index (κ1) is 35.2. The average molecular weight is 805 g/mol. The first-order valence-corrected chi connectivity index (χ1v) is 21.3. The summed E-state index contributed by atoms with van der Waals surface area (Å²) < 4.78 is 7.16. The fraction of sp³-hybridized carbons (Fsp3) is 0. The molecule has 5 heterocycles. The highest BCUT2D eigenvalue weighted by Crippen LogP contribution is 2.45. The maximum Gasteiger partial charge on any atom is 0.162 e. The second-order valence-corrected chi connectivity index (χ2v) is 16.0. The Hall–Kier alpha value is -8.61. The fourth-order valence-corrected chi connectivity index (χ4v) is 9.82. The van der Waals surface area contributed by atoms with Crippen molar-refractivity contribution in [1.82, 2.24) is 28.7 Å². The van der Waals surface area contributed by atoms with E-state index in [0.29, 0.717) is 5.82 Å². The molecule has 0 bridgehead atoms. The van der Waals surface area contributed by atoms with E-state index in [1.165, 1.54) is 10.8 Å². The van der Waals surface area contributed by atoms with Crippen molar-refractivity contribution in [3.63, 3.8) is 0 Å². The number of hydrogen-bond donors (Lipinski definition) is 0. The zero-order valence-electron chi connectivity index (χ0n) is 34.0. The van der Waals surface area contributed by atoms with E-state index in [0.717, 1.165) is 99.9 Å². The summed E-state index contributed by atoms with van der Waals surface area (Å²) in [6.07, 6.45) is 2.07. The Morgan fingerprint density at radius 2 is 0.683 bits per heavy atom. The van der Waals surface area contributed by atoms with Gasteiger partial charge in [0.25, 0.3) is 0 Å². The van der Waals surface area contributed by atoms with Gasteiger partial charge in [0.2, 0.25) is 0 Å². The van der Waals surface area contributed by atoms with Crippen LogP contribution < -0.4 is 0 Å². The van der Waals surface area contributed by atoms with Gasteiger partial charge >= 0.3 is 0 Å². The van der Waals surface area contributed by atoms with E-state index >= 15 is 0 Å². The van der Waals surface area contributed by atoms with Gasteiger partial charge in [0, 0.05) is 43.4 Å². The van der Waals surface area contributed by atoms with Crippen LogP contribution in [0, 0.1) is 0 Å². The van der Waals surface area contributed by atoms with Crippen molar-refractivity contribution >= 4 is 65.4 Å². The van der Waals surface area contributed by atoms with E-state index < -0.39 is 0 Å². The van der Waals surface area contributed by atoms with Gasteiger partial charge < -0.3 is 9.13 Å². The molecule has 13 aromatic rings. The first-order valence-electron chi connectivity index (χ1n) is 21.3. The molecule has 0 saturated heterocycles. The second kappa shape index (κ2) is 14.0. The summed E-state index contributed by atoms with van der Waals surface area (Å²) in [5, 5.41) is 6.98. The van der Waals surface area contributed by atoms with Gasteiger partial charge in [-0.3, -0.25) is 4.57 Å². The lowest BCUT2D eigenvalue weighted by Gasteiger charge is -2.23. The van der Waals surface area contributed by atoms with Crippen LogP contribution in [0.3, 0.4) is 0 Å². The van der Waals surface area contributed by atoms with Crippen molar-refractivity contribution in [2.45, 2.75) is 0 Å². The van der Waals surface area contributed by atoms with Gasteiger partial charge in [0.15, 0.2) is 11.6 Å². The van der Waals surface area contributed by atoms with Crippen LogP contribution in [0.2, 0.25) is 0 Å². The van der Waals surface area contributed by atoms with E-state index in [2.05, 4.69) is 208 Å². The van der Waals surface area contributed by atoms with Crippen LogP contribution in [0.15, 0.2) is 219 Å². The van der Waals surface area contributed by atoms with Crippen LogP contribution in [-0.4, -0.2) is 28.7 Å². The Morgan fingerprint density at radius 1 is 0.317 bits per heavy atom. The standard InChI is InChI=1S/C57H36N6/c1-3-19-37(20-4-1)45-35-46(60-56(59-45)38-21-5-2-6-22-38)54-53(61-47-29-13-7-23-39(47)40-24-8-14-30-48(40)61)36-58-57(63-51-33-17-11-27-43(51)44-28-12-18-34-52(44)63)55(54)62-49-31-15-9-25-41(49)42-26-10-16-32-50(42)62/h1-36H. The summed E-state index contributed by atoms with van der Waals surface area (Å²) in [7, 11) is 0. The quantitative estimate of drug-likeness (QED) is 0.168. The van der Waals surface area contributed by atoms with E-state index in [9.17, 15) is 0 Å². The zero-order valence-corrected chi connectivity index (χ0v) is 34.0. The normalized spacial score (nSPS) is 11.8. The monoisotopic (exact) mass is 804 g/mol. The molecule has 0 amide bonds. The van der Waals surface area contributed by atoms with Gasteiger partial charge in [-0.05, 0) is 42.5 Å². The van der Waals surface area contributed by atoms with Crippen molar-refractivity contribution in [2.24, 2.45) is 0 Å². The molecule has 0 aliphatic carbocycles. The van der Waals surface area contributed by atoms with Crippen LogP contribution in [0.5, 0.6) is 0 Å². The maximum atomic E-state index is 5.69. The molecule has 294 valence electrons. The third-order valence-corrected chi connectivity index (χ3v) is 12.5. The summed E-state index contributed by atoms with van der Waals surface area (Å²) in [6.45, 7) is 0. The summed E-state index contributed by atoms with van der Waals surface area (Å²) in [6, 6.07) is 75.0. The van der Waals surface area contributed by atoms with E-state index in [1.807, 2.05) is 24.3 Å². The molecule has 0 fully saturated rings. The van der Waals surface area contributed by atoms with Gasteiger partial charge in [0.1, 0.15) is 5.69 Å². The van der Waals surface area contributed by atoms with Crippen LogP contribution >= 0.6 is 0 Å². The molecule has 5 aromatic heterocycles. The average Bonchev–Trinajstić information content (AvgIpc) is 4.00. The molecular formula is C57H36N6. The highest BCUT2D eigenvalue weighted by Gasteiger charge is 2.29. The fourth-order valence-electron chi connectivity index (χ4n) is 9.82. The molecule has 0 N–H and O–H groups in total. The Bertz CT molecular complexity index is 3700. The largest absolute Gasteiger partial charge is 0.307 e. The predicted molar refractivity (Wildman–Crippen MR) is 259 cm³/mol. The van der Waals surface area contributed by atoms with Crippen molar-refractivity contribution in [1.29, 1.82) is 0 Å². The van der Waals surface area contributed by atoms with Crippen LogP contribution in [-0.2, 0) is 0 Å². The number of rotatable bonds is 6. The summed E-state index contributed by atoms with van der Waals surface area (Å²) >= 11 is 0. The second-order valence-electron chi connectivity index (χ2n) is 16.0. The number of benzene rings is 8. The Morgan fingerprint density at radius 3 is 1.14 bits per heavy atom. The number of nitrogens with zero attached hydrogens (tertiary/aromatic N) is 6. The van der Waals surface area contributed by atoms with E-state index in [1.54, 1.807) is 0 Å². The minimum atomic E-state index is 0.642. The number of hydrogen-bond acceptors (Lipinski definition) is 3. The van der Waals surface area contributed by atoms with Crippen LogP contribution in [0.25, 0.3) is 117 Å². The molecule has 8 aromatic carbocycles. The van der Waals surface area contributed by atoms with Gasteiger partial charge in [0.05, 0.1) is 61.9 Å². The number of para-hydroxylation sites is 6. The molecule has 0 atom stereocenters. The Kier molecular flexibility index (Phi) is 7.80. The minimum Gasteiger partial charge on any atom is -0.307 e. The molecule has 13 rings (SSSR count). The van der Waals surface area contributed by atoms with Crippen molar-refractivity contribution in [2.75, 3.05) is 0 Å². The van der Waals surface area contributed by atoms with Crippen LogP contribution in [0.4, 0.5) is 0 Å². The highest BCUT2D eigenvalue weighted by atomic mass is 15.1. The first-order chi connectivity index (χ1) is 31.3. The molecule has 0 spiro atoms. The lowest BCUT2D eigenvalue weighted by atomic mass is 10.0. The number of pyridine rings is 1. The molecule has 6 nitrogen and oxygen atoms in total. The van der Waals surface area contributed by atoms with Gasteiger partial charge in [-0.15, -0.1) is 0 Å². The van der Waals surface area contributed by atoms with Gasteiger partial charge in [-0.2, -0.15) is 0 Å². The highest BCUT2D eigenvalue weighted by molar-refractivity contribution is 6.13. The Balaban J connectivity index is 1.29. The maximum absolute atomic E-state index is 5.69. The van der Waals surface area contributed by atoms with Gasteiger partial charge in [-0.1, -0.05) is 170 Å². The molecule has 0 saturated carbocycles. The summed E-state index contributed by atoms with van der Waals surface area (Å²) in [4.78, 5) is 16.6. The van der Waals surface area contributed by atoms with E-state index in [-0.39, 0.29) is 0 Å². The van der Waals surface area contributed by atoms with Gasteiger partial charge in [-0.25, -0.2) is 15.0 Å². The summed E-state index contributed by atoms with van der Waals surface area (Å²) in [5.41, 5.74) is 12.8. The van der Waals surface area contributed by atoms with Crippen LogP contribution in [0.1, 0.15) is 0 Å². The topological polar surface area (TPSA) is 53.5 Å². The smallest absolute Gasteiger partial charge is 0.162 e. The molecule has 63 heavy (non-hydrogen) atoms. The number of fused-ring (bicyclic) bond motifs is 9. The lowest BCUT2D eigenvalue weighted by Crippen LogP contribution is -2.12. The number of aromatic nitrogens is 6. The van der Waals surface area contributed by atoms with Crippen molar-refractivity contribution in [3.8, 4) is 51.1 Å². The third-order valence-electron chi connectivity index (χ3n) is 12.5. The lowest BCUT2D eigenvalue weighted by molar-refractivity contribution is 1.01. The molecule has 0 aliphatic rings. The molecular weight excluding hydrogens is 769 g/mol.